The van der Waals surface area contributed by atoms with E-state index in [0.29, 0.717) is 0 Å². The molecular formula is C55H63BN2. The van der Waals surface area contributed by atoms with Gasteiger partial charge in [-0.1, -0.05) is 125 Å². The molecule has 3 aliphatic heterocycles. The maximum atomic E-state index is 2.87. The monoisotopic (exact) mass is 763 g/mol. The predicted octanol–water partition coefficient (Wildman–Crippen LogP) is 13.2. The Morgan fingerprint density at radius 1 is 0.569 bits per heavy atom. The summed E-state index contributed by atoms with van der Waals surface area (Å²) in [6, 6.07) is 30.4. The van der Waals surface area contributed by atoms with E-state index < -0.39 is 0 Å². The van der Waals surface area contributed by atoms with E-state index in [1.54, 1.807) is 16.7 Å². The van der Waals surface area contributed by atoms with Crippen molar-refractivity contribution in [3.8, 4) is 22.3 Å². The van der Waals surface area contributed by atoms with Gasteiger partial charge in [-0.05, 0) is 165 Å². The first kappa shape index (κ1) is 36.8. The summed E-state index contributed by atoms with van der Waals surface area (Å²) in [5.74, 6) is 0. The number of rotatable bonds is 1. The van der Waals surface area contributed by atoms with Crippen molar-refractivity contribution in [2.75, 3.05) is 9.71 Å². The predicted molar refractivity (Wildman–Crippen MR) is 249 cm³/mol. The van der Waals surface area contributed by atoms with Gasteiger partial charge in [0.1, 0.15) is 0 Å². The third kappa shape index (κ3) is 4.42. The van der Waals surface area contributed by atoms with Crippen LogP contribution in [-0.4, -0.2) is 12.4 Å². The van der Waals surface area contributed by atoms with Crippen LogP contribution in [0.3, 0.4) is 0 Å². The molecule has 0 aromatic heterocycles. The van der Waals surface area contributed by atoms with E-state index in [2.05, 4.69) is 173 Å². The van der Waals surface area contributed by atoms with E-state index in [0.717, 1.165) is 0 Å². The van der Waals surface area contributed by atoms with Gasteiger partial charge < -0.3 is 9.71 Å². The SMILES string of the molecule is Cc1cc2c3c(c1)N1c4c(cccc4C4(C)CCCCC14C)B3N(c1ccc(C(C)(C)C)cc1C)c1cc3c(cc1-2)C(C)(C)c1cc2c(cc1-3)C(C)(C)CCC2(C)C. The van der Waals surface area contributed by atoms with Crippen LogP contribution in [0.25, 0.3) is 22.3 Å². The third-order valence-corrected chi connectivity index (χ3v) is 17.2. The van der Waals surface area contributed by atoms with Crippen LogP contribution in [0.5, 0.6) is 0 Å². The first-order valence-corrected chi connectivity index (χ1v) is 22.6. The second-order valence-electron chi connectivity index (χ2n) is 22.9. The van der Waals surface area contributed by atoms with Gasteiger partial charge in [0.2, 0.25) is 0 Å². The standard InChI is InChI=1S/C55H63BN2/c1-32-25-38-37-29-40-36(35-28-42-43(31-41(35)53(40,10)11)52(8,9)24-23-51(42,6)7)30-46(37)58(45-20-19-34(27-33(45)2)50(3,4)5)56-44-18-16-17-39-49(44)57(47(26-32)48(38)56)55(13)22-15-14-21-54(39,55)12/h16-20,25-31H,14-15,21-24H2,1-13H3. The van der Waals surface area contributed by atoms with Crippen molar-refractivity contribution in [2.45, 2.75) is 161 Å². The number of aryl methyl sites for hydroxylation is 2. The zero-order valence-electron chi connectivity index (χ0n) is 37.6. The summed E-state index contributed by atoms with van der Waals surface area (Å²) in [4.78, 5) is 5.67. The van der Waals surface area contributed by atoms with Crippen LogP contribution in [0.2, 0.25) is 0 Å². The Hall–Kier alpha value is -4.24. The average molecular weight is 763 g/mol. The molecule has 58 heavy (non-hydrogen) atoms. The zero-order valence-corrected chi connectivity index (χ0v) is 37.6. The molecule has 11 rings (SSSR count). The molecule has 0 radical (unpaired) electrons. The minimum Gasteiger partial charge on any atom is -0.376 e. The second-order valence-corrected chi connectivity index (χ2v) is 22.9. The topological polar surface area (TPSA) is 6.48 Å². The molecule has 5 aromatic rings. The van der Waals surface area contributed by atoms with Gasteiger partial charge in [-0.3, -0.25) is 0 Å². The zero-order chi connectivity index (χ0) is 40.9. The molecule has 0 spiro atoms. The molecule has 5 aromatic carbocycles. The van der Waals surface area contributed by atoms with Crippen LogP contribution in [-0.2, 0) is 27.1 Å². The number of benzene rings is 5. The van der Waals surface area contributed by atoms with Gasteiger partial charge in [0, 0.05) is 39.1 Å². The Bertz CT molecular complexity index is 2670. The van der Waals surface area contributed by atoms with Crippen molar-refractivity contribution >= 4 is 40.5 Å². The number of anilines is 4. The maximum absolute atomic E-state index is 2.87. The van der Waals surface area contributed by atoms with Crippen LogP contribution in [0.4, 0.5) is 22.7 Å². The fraction of sp³-hybridized carbons (Fsp3) is 0.455. The van der Waals surface area contributed by atoms with Gasteiger partial charge in [-0.2, -0.15) is 0 Å². The average Bonchev–Trinajstić information content (AvgIpc) is 3.51. The number of para-hydroxylation sites is 1. The minimum atomic E-state index is -0.115. The lowest BCUT2D eigenvalue weighted by Crippen LogP contribution is -2.64. The minimum absolute atomic E-state index is 0.0217. The number of hydrogen-bond acceptors (Lipinski definition) is 2. The molecule has 2 nitrogen and oxygen atoms in total. The normalized spacial score (nSPS) is 24.7. The second kappa shape index (κ2) is 11.1. The fourth-order valence-corrected chi connectivity index (χ4v) is 13.3. The van der Waals surface area contributed by atoms with Gasteiger partial charge in [0.05, 0.1) is 5.54 Å². The molecule has 0 saturated heterocycles. The lowest BCUT2D eigenvalue weighted by atomic mass is 9.43. The van der Waals surface area contributed by atoms with E-state index in [9.17, 15) is 0 Å². The summed E-state index contributed by atoms with van der Waals surface area (Å²) in [7, 11) is 0. The van der Waals surface area contributed by atoms with Crippen LogP contribution in [0, 0.1) is 13.8 Å². The van der Waals surface area contributed by atoms with E-state index in [1.807, 2.05) is 0 Å². The molecule has 3 heteroatoms. The molecule has 296 valence electrons. The smallest absolute Gasteiger partial charge is 0.333 e. The molecule has 3 aliphatic carbocycles. The first-order valence-electron chi connectivity index (χ1n) is 22.6. The van der Waals surface area contributed by atoms with Crippen molar-refractivity contribution in [1.29, 1.82) is 0 Å². The summed E-state index contributed by atoms with van der Waals surface area (Å²) >= 11 is 0. The van der Waals surface area contributed by atoms with Crippen LogP contribution < -0.4 is 20.6 Å². The van der Waals surface area contributed by atoms with Crippen LogP contribution in [0.15, 0.2) is 72.8 Å². The van der Waals surface area contributed by atoms with Crippen molar-refractivity contribution in [3.63, 3.8) is 0 Å². The Balaban J connectivity index is 1.24. The summed E-state index contributed by atoms with van der Waals surface area (Å²) in [6.45, 7) is 31.9. The van der Waals surface area contributed by atoms with E-state index in [1.165, 1.54) is 122 Å². The quantitative estimate of drug-likeness (QED) is 0.157. The third-order valence-electron chi connectivity index (χ3n) is 17.2. The lowest BCUT2D eigenvalue weighted by molar-refractivity contribution is 0.195. The van der Waals surface area contributed by atoms with Crippen molar-refractivity contribution in [3.05, 3.63) is 117 Å². The van der Waals surface area contributed by atoms with E-state index in [4.69, 9.17) is 0 Å². The lowest BCUT2D eigenvalue weighted by Gasteiger charge is -2.53. The van der Waals surface area contributed by atoms with Crippen LogP contribution in [0.1, 0.15) is 159 Å². The van der Waals surface area contributed by atoms with Gasteiger partial charge in [-0.15, -0.1) is 0 Å². The maximum Gasteiger partial charge on any atom is 0.333 e. The molecule has 2 atom stereocenters. The summed E-state index contributed by atoms with van der Waals surface area (Å²) in [5.41, 5.74) is 26.4. The molecule has 3 heterocycles. The fourth-order valence-electron chi connectivity index (χ4n) is 13.3. The van der Waals surface area contributed by atoms with Gasteiger partial charge in [-0.25, -0.2) is 0 Å². The first-order chi connectivity index (χ1) is 27.2. The molecular weight excluding hydrogens is 699 g/mol. The van der Waals surface area contributed by atoms with Gasteiger partial charge in [0.15, 0.2) is 0 Å². The van der Waals surface area contributed by atoms with Crippen molar-refractivity contribution < 1.29 is 0 Å². The molecule has 0 N–H and O–H groups in total. The molecule has 1 saturated carbocycles. The molecule has 1 fully saturated rings. The number of hydrogen-bond donors (Lipinski definition) is 0. The van der Waals surface area contributed by atoms with Crippen molar-refractivity contribution in [1.82, 2.24) is 0 Å². The largest absolute Gasteiger partial charge is 0.376 e. The highest BCUT2D eigenvalue weighted by molar-refractivity contribution is 6.93. The highest BCUT2D eigenvalue weighted by Gasteiger charge is 2.62. The Kier molecular flexibility index (Phi) is 7.06. The van der Waals surface area contributed by atoms with Gasteiger partial charge in [0.25, 0.3) is 0 Å². The van der Waals surface area contributed by atoms with E-state index >= 15 is 0 Å². The highest BCUT2D eigenvalue weighted by atomic mass is 15.3. The molecule has 0 bridgehead atoms. The summed E-state index contributed by atoms with van der Waals surface area (Å²) in [5, 5.41) is 0. The van der Waals surface area contributed by atoms with Crippen LogP contribution >= 0.6 is 0 Å². The van der Waals surface area contributed by atoms with Gasteiger partial charge >= 0.3 is 6.85 Å². The Labute approximate surface area is 349 Å². The summed E-state index contributed by atoms with van der Waals surface area (Å²) in [6.07, 6.45) is 7.50. The Morgan fingerprint density at radius 3 is 1.93 bits per heavy atom. The Morgan fingerprint density at radius 2 is 1.22 bits per heavy atom. The summed E-state index contributed by atoms with van der Waals surface area (Å²) < 4.78 is 0. The highest BCUT2D eigenvalue weighted by Crippen LogP contribution is 2.63. The molecule has 0 amide bonds. The molecule has 2 unspecified atom stereocenters. The molecule has 6 aliphatic rings. The van der Waals surface area contributed by atoms with Crippen molar-refractivity contribution in [2.24, 2.45) is 0 Å². The number of nitrogens with zero attached hydrogens (tertiary/aromatic N) is 2. The number of fused-ring (bicyclic) bond motifs is 11. The van der Waals surface area contributed by atoms with E-state index in [-0.39, 0.29) is 39.5 Å².